The van der Waals surface area contributed by atoms with Crippen LogP contribution in [0, 0.1) is 0 Å². The third-order valence-corrected chi connectivity index (χ3v) is 10.7. The largest absolute Gasteiger partial charge is 0.508 e. The van der Waals surface area contributed by atoms with Crippen molar-refractivity contribution in [1.82, 2.24) is 0 Å². The summed E-state index contributed by atoms with van der Waals surface area (Å²) in [5, 5.41) is 102. The number of benzene rings is 8. The van der Waals surface area contributed by atoms with E-state index in [1.54, 1.807) is 13.8 Å². The van der Waals surface area contributed by atoms with E-state index in [0.29, 0.717) is 5.56 Å². The molecule has 9 rings (SSSR count). The molecule has 0 radical (unpaired) electrons. The highest BCUT2D eigenvalue weighted by Crippen LogP contribution is 2.61. The zero-order valence-electron chi connectivity index (χ0n) is 26.3. The molecule has 11 heteroatoms. The Morgan fingerprint density at radius 1 is 0.440 bits per heavy atom. The third-order valence-electron chi connectivity index (χ3n) is 10.7. The fourth-order valence-corrected chi connectivity index (χ4v) is 8.70. The van der Waals surface area contributed by atoms with Crippen LogP contribution < -0.4 is 10.9 Å². The highest BCUT2D eigenvalue weighted by molar-refractivity contribution is 6.46. The minimum atomic E-state index is -1.23. The minimum absolute atomic E-state index is 0.0110. The number of hydrogen-bond donors (Lipinski definition) is 9. The summed E-state index contributed by atoms with van der Waals surface area (Å²) in [6.45, 7) is 3.26. The molecule has 0 spiro atoms. The first kappa shape index (κ1) is 29.5. The van der Waals surface area contributed by atoms with Gasteiger partial charge in [-0.15, -0.1) is 0 Å². The van der Waals surface area contributed by atoms with Gasteiger partial charge in [-0.05, 0) is 30.5 Å². The van der Waals surface area contributed by atoms with Crippen LogP contribution in [0.3, 0.4) is 0 Å². The Morgan fingerprint density at radius 3 is 1.18 bits per heavy atom. The van der Waals surface area contributed by atoms with Crippen molar-refractivity contribution in [2.45, 2.75) is 32.6 Å². The molecule has 0 bridgehead atoms. The molecular weight excluding hydrogens is 644 g/mol. The van der Waals surface area contributed by atoms with Gasteiger partial charge in [0.2, 0.25) is 10.9 Å². The maximum absolute atomic E-state index is 14.7. The third kappa shape index (κ3) is 3.11. The minimum Gasteiger partial charge on any atom is -0.508 e. The summed E-state index contributed by atoms with van der Waals surface area (Å²) in [6.07, 6.45) is 0.0457. The van der Waals surface area contributed by atoms with E-state index >= 15 is 0 Å². The summed E-state index contributed by atoms with van der Waals surface area (Å²) in [5.74, 6) is -5.83. The van der Waals surface area contributed by atoms with Gasteiger partial charge in [-0.25, -0.2) is 0 Å². The first-order chi connectivity index (χ1) is 23.8. The Hall–Kier alpha value is -6.62. The van der Waals surface area contributed by atoms with Crippen LogP contribution >= 0.6 is 0 Å². The monoisotopic (exact) mass is 670 g/mol. The smallest absolute Gasteiger partial charge is 0.201 e. The molecule has 1 aliphatic carbocycles. The molecule has 0 aliphatic heterocycles. The van der Waals surface area contributed by atoms with Gasteiger partial charge in [0.25, 0.3) is 0 Å². The molecule has 50 heavy (non-hydrogen) atoms. The maximum Gasteiger partial charge on any atom is 0.201 e. The number of fused-ring (bicyclic) bond motifs is 1. The van der Waals surface area contributed by atoms with Crippen LogP contribution in [0.5, 0.6) is 51.7 Å². The van der Waals surface area contributed by atoms with Crippen LogP contribution in [0.15, 0.2) is 46.0 Å². The number of phenolic OH excluding ortho intramolecular Hbond substituents is 9. The molecule has 0 saturated carbocycles. The summed E-state index contributed by atoms with van der Waals surface area (Å²) >= 11 is 0. The predicted octanol–water partition coefficient (Wildman–Crippen LogP) is 6.17. The summed E-state index contributed by atoms with van der Waals surface area (Å²) in [6, 6.07) is 7.67. The molecule has 0 aromatic heterocycles. The van der Waals surface area contributed by atoms with Crippen molar-refractivity contribution in [3.63, 3.8) is 0 Å². The van der Waals surface area contributed by atoms with Gasteiger partial charge in [-0.1, -0.05) is 26.0 Å². The van der Waals surface area contributed by atoms with Crippen molar-refractivity contribution in [2.75, 3.05) is 0 Å². The molecule has 248 valence electrons. The lowest BCUT2D eigenvalue weighted by atomic mass is 9.80. The van der Waals surface area contributed by atoms with E-state index < -0.39 is 62.8 Å². The van der Waals surface area contributed by atoms with Gasteiger partial charge >= 0.3 is 0 Å². The van der Waals surface area contributed by atoms with Crippen molar-refractivity contribution < 1.29 is 46.0 Å². The molecule has 11 nitrogen and oxygen atoms in total. The molecule has 0 saturated heterocycles. The van der Waals surface area contributed by atoms with E-state index in [-0.39, 0.29) is 105 Å². The second-order valence-corrected chi connectivity index (χ2v) is 12.9. The van der Waals surface area contributed by atoms with E-state index in [1.807, 2.05) is 0 Å². The number of hydrogen-bond acceptors (Lipinski definition) is 11. The van der Waals surface area contributed by atoms with Crippen molar-refractivity contribution in [1.29, 1.82) is 0 Å². The average Bonchev–Trinajstić information content (AvgIpc) is 3.19. The van der Waals surface area contributed by atoms with Gasteiger partial charge < -0.3 is 46.0 Å². The molecule has 8 aromatic rings. The normalized spacial score (nSPS) is 13.2. The van der Waals surface area contributed by atoms with Crippen LogP contribution in [-0.4, -0.2) is 46.0 Å². The van der Waals surface area contributed by atoms with Gasteiger partial charge in [-0.3, -0.25) is 9.59 Å². The van der Waals surface area contributed by atoms with E-state index in [0.717, 1.165) is 12.1 Å². The Morgan fingerprint density at radius 2 is 0.800 bits per heavy atom. The summed E-state index contributed by atoms with van der Waals surface area (Å²) in [4.78, 5) is 29.3. The number of rotatable bonds is 3. The fourth-order valence-electron chi connectivity index (χ4n) is 8.70. The quantitative estimate of drug-likeness (QED) is 0.0765. The average molecular weight is 671 g/mol. The molecule has 1 aliphatic rings. The van der Waals surface area contributed by atoms with E-state index in [4.69, 9.17) is 0 Å². The van der Waals surface area contributed by atoms with Gasteiger partial charge in [-0.2, -0.15) is 0 Å². The Bertz CT molecular complexity index is 2840. The van der Waals surface area contributed by atoms with E-state index in [1.165, 1.54) is 24.3 Å². The molecule has 9 N–H and O–H groups in total. The van der Waals surface area contributed by atoms with Crippen LogP contribution in [0.1, 0.15) is 47.6 Å². The van der Waals surface area contributed by atoms with Crippen LogP contribution in [-0.2, 0) is 12.8 Å². The Labute approximate surface area is 279 Å². The van der Waals surface area contributed by atoms with Crippen molar-refractivity contribution in [2.24, 2.45) is 0 Å². The van der Waals surface area contributed by atoms with Crippen molar-refractivity contribution in [3.8, 4) is 51.7 Å². The molecule has 0 heterocycles. The Kier molecular flexibility index (Phi) is 5.48. The number of phenols is 9. The van der Waals surface area contributed by atoms with Gasteiger partial charge in [0, 0.05) is 83.4 Å². The second kappa shape index (κ2) is 9.29. The van der Waals surface area contributed by atoms with Gasteiger partial charge in [0.05, 0.1) is 21.5 Å². The van der Waals surface area contributed by atoms with Crippen molar-refractivity contribution >= 4 is 64.6 Å². The summed E-state index contributed by atoms with van der Waals surface area (Å²) < 4.78 is 0. The van der Waals surface area contributed by atoms with Gasteiger partial charge in [0.15, 0.2) is 0 Å². The first-order valence-corrected chi connectivity index (χ1v) is 15.9. The summed E-state index contributed by atoms with van der Waals surface area (Å²) in [7, 11) is 0. The van der Waals surface area contributed by atoms with Crippen LogP contribution in [0.4, 0.5) is 0 Å². The van der Waals surface area contributed by atoms with Crippen molar-refractivity contribution in [3.05, 3.63) is 84.7 Å². The van der Waals surface area contributed by atoms with E-state index in [2.05, 4.69) is 0 Å². The highest BCUT2D eigenvalue weighted by atomic mass is 16.3. The SMILES string of the molecule is CCc1c(O)c2c(=O)c3c(O)cc(O)c4c3c3c2c(c1O)c1c(O)c(CC)c(O)c2c(=O)c5c(O)cc(O)c(c5c3c21)C4c1ccc(O)cc1. The van der Waals surface area contributed by atoms with E-state index in [9.17, 15) is 55.5 Å². The lowest BCUT2D eigenvalue weighted by Gasteiger charge is -2.23. The molecule has 0 fully saturated rings. The lowest BCUT2D eigenvalue weighted by Crippen LogP contribution is -2.10. The zero-order chi connectivity index (χ0) is 35.4. The first-order valence-electron chi connectivity index (χ1n) is 15.9. The van der Waals surface area contributed by atoms with Crippen LogP contribution in [0.2, 0.25) is 0 Å². The topological polar surface area (TPSA) is 216 Å². The molecule has 8 aromatic carbocycles. The molecular formula is C39H26O11. The number of aromatic hydroxyl groups is 9. The fraction of sp³-hybridized carbons (Fsp3) is 0.128. The van der Waals surface area contributed by atoms with Gasteiger partial charge in [0.1, 0.15) is 51.7 Å². The lowest BCUT2D eigenvalue weighted by molar-refractivity contribution is 0.444. The predicted molar refractivity (Wildman–Crippen MR) is 188 cm³/mol. The second-order valence-electron chi connectivity index (χ2n) is 12.9. The zero-order valence-corrected chi connectivity index (χ0v) is 26.3. The summed E-state index contributed by atoms with van der Waals surface area (Å²) in [5.41, 5.74) is -1.49. The molecule has 0 unspecified atom stereocenters. The van der Waals surface area contributed by atoms with Crippen LogP contribution in [0.25, 0.3) is 64.6 Å². The standard InChI is InChI=1S/C39H26O11/c1-3-13-34(45)30-28-26-24-20(15(41)9-17(43)22(24)38(49)32(28)36(13)47)19(11-5-7-12(40)8-6-11)21-16(42)10-18(44)23-25(21)27(26)29-31(30)35(46)14(4-2)37(48)33(29)39(23)50/h5-10,19,40-48H,3-4H2,1-2H3. The Balaban J connectivity index is 1.83. The molecule has 0 atom stereocenters. The maximum atomic E-state index is 14.7. The molecule has 0 amide bonds. The highest BCUT2D eigenvalue weighted by Gasteiger charge is 2.39.